The van der Waals surface area contributed by atoms with Crippen LogP contribution in [0.15, 0.2) is 150 Å². The van der Waals surface area contributed by atoms with Crippen LogP contribution in [0.5, 0.6) is 0 Å². The Labute approximate surface area is 262 Å². The first-order valence-electron chi connectivity index (χ1n) is 15.5. The highest BCUT2D eigenvalue weighted by Crippen LogP contribution is 2.50. The molecule has 0 saturated heterocycles. The van der Waals surface area contributed by atoms with Gasteiger partial charge in [0.1, 0.15) is 5.52 Å². The van der Waals surface area contributed by atoms with Gasteiger partial charge in [-0.3, -0.25) is 0 Å². The molecule has 0 spiro atoms. The summed E-state index contributed by atoms with van der Waals surface area (Å²) in [6, 6.07) is 51.9. The van der Waals surface area contributed by atoms with Crippen LogP contribution < -0.4 is 4.90 Å². The van der Waals surface area contributed by atoms with Crippen LogP contribution in [0.4, 0.5) is 17.1 Å². The third-order valence-corrected chi connectivity index (χ3v) is 9.46. The van der Waals surface area contributed by atoms with Gasteiger partial charge in [-0.2, -0.15) is 0 Å². The summed E-state index contributed by atoms with van der Waals surface area (Å²) < 4.78 is 6.46. The van der Waals surface area contributed by atoms with Crippen LogP contribution in [0, 0.1) is 0 Å². The van der Waals surface area contributed by atoms with E-state index in [2.05, 4.69) is 134 Å². The number of nitrogens with zero attached hydrogens (tertiary/aromatic N) is 2. The molecule has 0 saturated carbocycles. The average Bonchev–Trinajstić information content (AvgIpc) is 3.63. The summed E-state index contributed by atoms with van der Waals surface area (Å²) in [5.74, 6) is 0.642. The molecule has 0 N–H and O–H groups in total. The maximum atomic E-state index is 6.46. The Kier molecular flexibility index (Phi) is 5.54. The summed E-state index contributed by atoms with van der Waals surface area (Å²) in [5.41, 5.74) is 11.4. The van der Waals surface area contributed by atoms with Crippen LogP contribution in [-0.2, 0) is 5.41 Å². The van der Waals surface area contributed by atoms with E-state index in [4.69, 9.17) is 9.40 Å². The van der Waals surface area contributed by atoms with Gasteiger partial charge in [0, 0.05) is 33.4 Å². The zero-order chi connectivity index (χ0) is 30.1. The maximum Gasteiger partial charge on any atom is 0.227 e. The lowest BCUT2D eigenvalue weighted by Crippen LogP contribution is -2.16. The summed E-state index contributed by atoms with van der Waals surface area (Å²) in [6.45, 7) is 4.67. The Morgan fingerprint density at radius 2 is 1.22 bits per heavy atom. The van der Waals surface area contributed by atoms with E-state index in [1.165, 1.54) is 22.3 Å². The van der Waals surface area contributed by atoms with Crippen molar-refractivity contribution in [3.63, 3.8) is 0 Å². The zero-order valence-electron chi connectivity index (χ0n) is 25.2. The van der Waals surface area contributed by atoms with Gasteiger partial charge in [0.2, 0.25) is 5.89 Å². The molecule has 1 aliphatic carbocycles. The molecule has 0 atom stereocenters. The lowest BCUT2D eigenvalue weighted by atomic mass is 9.82. The smallest absolute Gasteiger partial charge is 0.227 e. The van der Waals surface area contributed by atoms with Crippen molar-refractivity contribution in [2.24, 2.45) is 0 Å². The van der Waals surface area contributed by atoms with Crippen molar-refractivity contribution < 1.29 is 4.42 Å². The molecule has 8 aromatic rings. The van der Waals surface area contributed by atoms with Gasteiger partial charge in [-0.1, -0.05) is 105 Å². The molecule has 3 heteroatoms. The van der Waals surface area contributed by atoms with Crippen molar-refractivity contribution in [1.82, 2.24) is 4.98 Å². The first kappa shape index (κ1) is 25.8. The number of oxazole rings is 1. The maximum absolute atomic E-state index is 6.46. The fourth-order valence-electron chi connectivity index (χ4n) is 7.22. The molecule has 3 nitrogen and oxygen atoms in total. The molecule has 1 heterocycles. The topological polar surface area (TPSA) is 29.3 Å². The van der Waals surface area contributed by atoms with Gasteiger partial charge in [-0.05, 0) is 93.0 Å². The average molecular weight is 579 g/mol. The highest BCUT2D eigenvalue weighted by atomic mass is 16.3. The Hall–Kier alpha value is -5.67. The Morgan fingerprint density at radius 1 is 0.556 bits per heavy atom. The van der Waals surface area contributed by atoms with Crippen LogP contribution in [0.2, 0.25) is 0 Å². The number of para-hydroxylation sites is 1. The first-order chi connectivity index (χ1) is 22.1. The Bertz CT molecular complexity index is 2400. The quantitative estimate of drug-likeness (QED) is 0.195. The van der Waals surface area contributed by atoms with E-state index in [9.17, 15) is 0 Å². The second-order valence-corrected chi connectivity index (χ2v) is 12.4. The van der Waals surface area contributed by atoms with Gasteiger partial charge in [0.15, 0.2) is 5.58 Å². The van der Waals surface area contributed by atoms with Crippen molar-refractivity contribution in [3.8, 4) is 22.6 Å². The molecule has 0 bridgehead atoms. The fourth-order valence-corrected chi connectivity index (χ4v) is 7.22. The number of rotatable bonds is 4. The SMILES string of the molecule is CC1(C)c2ccccc2-c2ccc(N(c3ccccc3)c3ccc4c(ccc5ccc6nc(-c7ccccc7)oc6c54)c3)cc21. The lowest BCUT2D eigenvalue weighted by Gasteiger charge is -2.28. The second kappa shape index (κ2) is 9.67. The molecule has 0 fully saturated rings. The minimum atomic E-state index is -0.0757. The lowest BCUT2D eigenvalue weighted by molar-refractivity contribution is 0.623. The molecule has 0 unspecified atom stereocenters. The van der Waals surface area contributed by atoms with E-state index >= 15 is 0 Å². The standard InChI is InChI=1S/C42H30N2O/c1-42(2)36-16-10-9-15-34(36)35-23-21-32(26-37(35)42)44(30-13-7-4-8-14-30)31-20-22-33-29(25-31)18-17-27-19-24-38-40(39(27)33)45-41(43-38)28-11-5-3-6-12-28/h3-26H,1-2H3. The molecule has 0 radical (unpaired) electrons. The van der Waals surface area contributed by atoms with Gasteiger partial charge in [-0.25, -0.2) is 4.98 Å². The van der Waals surface area contributed by atoms with Crippen molar-refractivity contribution in [2.75, 3.05) is 4.90 Å². The van der Waals surface area contributed by atoms with Gasteiger partial charge in [0.05, 0.1) is 0 Å². The third-order valence-electron chi connectivity index (χ3n) is 9.46. The van der Waals surface area contributed by atoms with Crippen molar-refractivity contribution in [3.05, 3.63) is 157 Å². The number of hydrogen-bond donors (Lipinski definition) is 0. The molecule has 0 aliphatic heterocycles. The molecule has 0 amide bonds. The van der Waals surface area contributed by atoms with Crippen LogP contribution >= 0.6 is 0 Å². The minimum absolute atomic E-state index is 0.0757. The molecule has 1 aromatic heterocycles. The van der Waals surface area contributed by atoms with Crippen molar-refractivity contribution in [2.45, 2.75) is 19.3 Å². The van der Waals surface area contributed by atoms with E-state index in [0.717, 1.165) is 55.3 Å². The van der Waals surface area contributed by atoms with Crippen molar-refractivity contribution in [1.29, 1.82) is 0 Å². The van der Waals surface area contributed by atoms with E-state index in [-0.39, 0.29) is 5.41 Å². The van der Waals surface area contributed by atoms with Gasteiger partial charge in [-0.15, -0.1) is 0 Å². The van der Waals surface area contributed by atoms with Gasteiger partial charge < -0.3 is 9.32 Å². The summed E-state index contributed by atoms with van der Waals surface area (Å²) in [5, 5.41) is 4.53. The largest absolute Gasteiger partial charge is 0.435 e. The fraction of sp³-hybridized carbons (Fsp3) is 0.0714. The molecule has 9 rings (SSSR count). The monoisotopic (exact) mass is 578 g/mol. The van der Waals surface area contributed by atoms with Crippen LogP contribution in [0.3, 0.4) is 0 Å². The molecule has 1 aliphatic rings. The summed E-state index contributed by atoms with van der Waals surface area (Å²) in [6.07, 6.45) is 0. The summed E-state index contributed by atoms with van der Waals surface area (Å²) in [4.78, 5) is 7.21. The van der Waals surface area contributed by atoms with E-state index in [1.807, 2.05) is 30.3 Å². The molecular formula is C42H30N2O. The molecule has 45 heavy (non-hydrogen) atoms. The van der Waals surface area contributed by atoms with Crippen LogP contribution in [0.1, 0.15) is 25.0 Å². The van der Waals surface area contributed by atoms with E-state index in [0.29, 0.717) is 5.89 Å². The minimum Gasteiger partial charge on any atom is -0.435 e. The number of fused-ring (bicyclic) bond motifs is 8. The molecule has 214 valence electrons. The normalized spacial score (nSPS) is 13.3. The molecule has 7 aromatic carbocycles. The van der Waals surface area contributed by atoms with E-state index in [1.54, 1.807) is 0 Å². The summed E-state index contributed by atoms with van der Waals surface area (Å²) in [7, 11) is 0. The van der Waals surface area contributed by atoms with Crippen molar-refractivity contribution >= 4 is 49.7 Å². The number of benzene rings is 7. The summed E-state index contributed by atoms with van der Waals surface area (Å²) >= 11 is 0. The van der Waals surface area contributed by atoms with Gasteiger partial charge >= 0.3 is 0 Å². The first-order valence-corrected chi connectivity index (χ1v) is 15.5. The zero-order valence-corrected chi connectivity index (χ0v) is 25.2. The second-order valence-electron chi connectivity index (χ2n) is 12.4. The predicted molar refractivity (Wildman–Crippen MR) is 187 cm³/mol. The van der Waals surface area contributed by atoms with Crippen LogP contribution in [-0.4, -0.2) is 4.98 Å². The van der Waals surface area contributed by atoms with Gasteiger partial charge in [0.25, 0.3) is 0 Å². The number of hydrogen-bond acceptors (Lipinski definition) is 3. The van der Waals surface area contributed by atoms with Crippen LogP contribution in [0.25, 0.3) is 55.2 Å². The predicted octanol–water partition coefficient (Wildman–Crippen LogP) is 11.6. The van der Waals surface area contributed by atoms with E-state index < -0.39 is 0 Å². The third kappa shape index (κ3) is 3.94. The Balaban J connectivity index is 1.22. The Morgan fingerprint density at radius 3 is 2.07 bits per heavy atom. The highest BCUT2D eigenvalue weighted by molar-refractivity contribution is 6.18. The highest BCUT2D eigenvalue weighted by Gasteiger charge is 2.35. The number of aromatic nitrogens is 1. The molecular weight excluding hydrogens is 548 g/mol. The number of anilines is 3.